The second-order valence-corrected chi connectivity index (χ2v) is 6.64. The van der Waals surface area contributed by atoms with E-state index < -0.39 is 0 Å². The number of likely N-dealkylation sites (N-methyl/N-ethyl adjacent to an activating group) is 1. The molecule has 2 aliphatic rings. The molecule has 1 aliphatic carbocycles. The van der Waals surface area contributed by atoms with E-state index in [0.717, 1.165) is 6.42 Å². The van der Waals surface area contributed by atoms with Gasteiger partial charge in [0.05, 0.1) is 0 Å². The molecule has 1 aliphatic heterocycles. The zero-order valence-corrected chi connectivity index (χ0v) is 13.1. The van der Waals surface area contributed by atoms with E-state index in [2.05, 4.69) is 20.8 Å². The number of carbonyl (C=O) groups is 1. The van der Waals surface area contributed by atoms with Gasteiger partial charge in [0, 0.05) is 7.05 Å². The average Bonchev–Trinajstić information content (AvgIpc) is 2.38. The van der Waals surface area contributed by atoms with Crippen molar-refractivity contribution in [3.63, 3.8) is 0 Å². The summed E-state index contributed by atoms with van der Waals surface area (Å²) in [6.07, 6.45) is 11.2. The van der Waals surface area contributed by atoms with Gasteiger partial charge in [0.15, 0.2) is 0 Å². The summed E-state index contributed by atoms with van der Waals surface area (Å²) < 4.78 is 5.88. The summed E-state index contributed by atoms with van der Waals surface area (Å²) in [7, 11) is 1.91. The van der Waals surface area contributed by atoms with E-state index in [9.17, 15) is 4.79 Å². The fraction of sp³-hybridized carbons (Fsp3) is 0.706. The van der Waals surface area contributed by atoms with Crippen molar-refractivity contribution in [3.05, 3.63) is 24.4 Å². The fourth-order valence-electron chi connectivity index (χ4n) is 3.30. The largest absolute Gasteiger partial charge is 0.460 e. The van der Waals surface area contributed by atoms with Gasteiger partial charge in [0.2, 0.25) is 0 Å². The first-order valence-electron chi connectivity index (χ1n) is 7.76. The molecule has 0 aromatic heterocycles. The molecule has 1 fully saturated rings. The Bertz CT molecular complexity index is 400. The van der Waals surface area contributed by atoms with Crippen molar-refractivity contribution >= 4 is 5.97 Å². The molecular formula is C17H27NO2. The molecule has 0 saturated heterocycles. The third-order valence-corrected chi connectivity index (χ3v) is 4.63. The second-order valence-electron chi connectivity index (χ2n) is 6.64. The first kappa shape index (κ1) is 15.1. The van der Waals surface area contributed by atoms with Crippen LogP contribution >= 0.6 is 0 Å². The van der Waals surface area contributed by atoms with Crippen LogP contribution in [0.4, 0.5) is 0 Å². The third-order valence-electron chi connectivity index (χ3n) is 4.63. The molecule has 20 heavy (non-hydrogen) atoms. The predicted molar refractivity (Wildman–Crippen MR) is 81.1 cm³/mol. The molecule has 0 radical (unpaired) electrons. The third kappa shape index (κ3) is 3.44. The zero-order chi connectivity index (χ0) is 14.7. The van der Waals surface area contributed by atoms with Crippen LogP contribution in [-0.4, -0.2) is 30.1 Å². The number of nitrogens with zero attached hydrogens (tertiary/aromatic N) is 1. The average molecular weight is 277 g/mol. The number of carbonyl (C=O) groups excluding carboxylic acids is 1. The van der Waals surface area contributed by atoms with Gasteiger partial charge >= 0.3 is 5.97 Å². The van der Waals surface area contributed by atoms with Crippen molar-refractivity contribution in [2.45, 2.75) is 52.2 Å². The van der Waals surface area contributed by atoms with Crippen LogP contribution in [-0.2, 0) is 9.53 Å². The molecule has 3 nitrogen and oxygen atoms in total. The Morgan fingerprint density at radius 2 is 2.05 bits per heavy atom. The SMILES string of the molecule is CC1CCC(C(C)C)C(OC(=O)C2C=CC=CN2C)C1. The van der Waals surface area contributed by atoms with Crippen molar-refractivity contribution in [1.82, 2.24) is 4.90 Å². The van der Waals surface area contributed by atoms with Gasteiger partial charge < -0.3 is 9.64 Å². The number of hydrogen-bond donors (Lipinski definition) is 0. The van der Waals surface area contributed by atoms with Gasteiger partial charge in [0.25, 0.3) is 0 Å². The molecule has 4 atom stereocenters. The lowest BCUT2D eigenvalue weighted by Crippen LogP contribution is -2.42. The van der Waals surface area contributed by atoms with Gasteiger partial charge in [0.1, 0.15) is 12.1 Å². The molecular weight excluding hydrogens is 250 g/mol. The van der Waals surface area contributed by atoms with Crippen LogP contribution < -0.4 is 0 Å². The molecule has 112 valence electrons. The molecule has 0 N–H and O–H groups in total. The second kappa shape index (κ2) is 6.47. The van der Waals surface area contributed by atoms with Gasteiger partial charge in [-0.15, -0.1) is 0 Å². The Balaban J connectivity index is 2.00. The quantitative estimate of drug-likeness (QED) is 0.741. The number of ether oxygens (including phenoxy) is 1. The molecule has 4 unspecified atom stereocenters. The highest BCUT2D eigenvalue weighted by atomic mass is 16.5. The van der Waals surface area contributed by atoms with Crippen molar-refractivity contribution < 1.29 is 9.53 Å². The lowest BCUT2D eigenvalue weighted by atomic mass is 9.75. The van der Waals surface area contributed by atoms with E-state index in [1.165, 1.54) is 12.8 Å². The van der Waals surface area contributed by atoms with Crippen LogP contribution in [0.25, 0.3) is 0 Å². The number of rotatable bonds is 3. The molecule has 0 amide bonds. The summed E-state index contributed by atoms with van der Waals surface area (Å²) in [5.41, 5.74) is 0. The summed E-state index contributed by atoms with van der Waals surface area (Å²) >= 11 is 0. The Hall–Kier alpha value is -1.25. The van der Waals surface area contributed by atoms with E-state index in [4.69, 9.17) is 4.74 Å². The highest BCUT2D eigenvalue weighted by Crippen LogP contribution is 2.35. The summed E-state index contributed by atoms with van der Waals surface area (Å²) in [4.78, 5) is 14.3. The van der Waals surface area contributed by atoms with Crippen LogP contribution in [0.15, 0.2) is 24.4 Å². The molecule has 1 heterocycles. The molecule has 0 aromatic carbocycles. The minimum Gasteiger partial charge on any atom is -0.460 e. The topological polar surface area (TPSA) is 29.5 Å². The number of esters is 1. The van der Waals surface area contributed by atoms with E-state index in [0.29, 0.717) is 17.8 Å². The van der Waals surface area contributed by atoms with Crippen LogP contribution in [0.3, 0.4) is 0 Å². The van der Waals surface area contributed by atoms with Crippen molar-refractivity contribution in [2.75, 3.05) is 7.05 Å². The fourth-order valence-corrected chi connectivity index (χ4v) is 3.30. The lowest BCUT2D eigenvalue weighted by molar-refractivity contribution is -0.159. The van der Waals surface area contributed by atoms with Crippen LogP contribution in [0.5, 0.6) is 0 Å². The summed E-state index contributed by atoms with van der Waals surface area (Å²) in [6, 6.07) is -0.273. The van der Waals surface area contributed by atoms with Gasteiger partial charge in [-0.3, -0.25) is 0 Å². The highest BCUT2D eigenvalue weighted by molar-refractivity contribution is 5.78. The molecule has 1 saturated carbocycles. The van der Waals surface area contributed by atoms with Crippen LogP contribution in [0.1, 0.15) is 40.0 Å². The highest BCUT2D eigenvalue weighted by Gasteiger charge is 2.35. The zero-order valence-electron chi connectivity index (χ0n) is 13.1. The van der Waals surface area contributed by atoms with Crippen molar-refractivity contribution in [2.24, 2.45) is 17.8 Å². The molecule has 0 bridgehead atoms. The minimum absolute atomic E-state index is 0.0824. The first-order chi connectivity index (χ1) is 9.49. The van der Waals surface area contributed by atoms with E-state index in [1.54, 1.807) is 0 Å². The maximum atomic E-state index is 12.4. The van der Waals surface area contributed by atoms with E-state index in [-0.39, 0.29) is 18.1 Å². The summed E-state index contributed by atoms with van der Waals surface area (Å²) in [5, 5.41) is 0. The summed E-state index contributed by atoms with van der Waals surface area (Å²) in [5.74, 6) is 1.61. The standard InChI is InChI=1S/C17H27NO2/c1-12(2)14-9-8-13(3)11-16(14)20-17(19)15-7-5-6-10-18(15)4/h5-7,10,12-16H,8-9,11H2,1-4H3. The number of hydrogen-bond acceptors (Lipinski definition) is 3. The Kier molecular flexibility index (Phi) is 4.90. The van der Waals surface area contributed by atoms with E-state index in [1.807, 2.05) is 36.4 Å². The van der Waals surface area contributed by atoms with Gasteiger partial charge in [-0.1, -0.05) is 39.3 Å². The lowest BCUT2D eigenvalue weighted by Gasteiger charge is -2.37. The molecule has 2 rings (SSSR count). The predicted octanol–water partition coefficient (Wildman–Crippen LogP) is 3.37. The van der Waals surface area contributed by atoms with Crippen molar-refractivity contribution in [1.29, 1.82) is 0 Å². The number of allylic oxidation sites excluding steroid dienone is 2. The van der Waals surface area contributed by atoms with Crippen molar-refractivity contribution in [3.8, 4) is 0 Å². The maximum Gasteiger partial charge on any atom is 0.333 e. The molecule has 3 heteroatoms. The normalized spacial score (nSPS) is 33.5. The monoisotopic (exact) mass is 277 g/mol. The smallest absolute Gasteiger partial charge is 0.333 e. The Morgan fingerprint density at radius 1 is 1.30 bits per heavy atom. The maximum absolute atomic E-state index is 12.4. The Morgan fingerprint density at radius 3 is 2.70 bits per heavy atom. The van der Waals surface area contributed by atoms with E-state index >= 15 is 0 Å². The van der Waals surface area contributed by atoms with Crippen LogP contribution in [0.2, 0.25) is 0 Å². The summed E-state index contributed by atoms with van der Waals surface area (Å²) in [6.45, 7) is 6.72. The minimum atomic E-state index is -0.273. The molecule has 0 aromatic rings. The molecule has 0 spiro atoms. The van der Waals surface area contributed by atoms with Gasteiger partial charge in [-0.2, -0.15) is 0 Å². The van der Waals surface area contributed by atoms with Gasteiger partial charge in [-0.05, 0) is 42.9 Å². The van der Waals surface area contributed by atoms with Crippen LogP contribution in [0, 0.1) is 17.8 Å². The Labute approximate surface area is 122 Å². The first-order valence-corrected chi connectivity index (χ1v) is 7.76. The van der Waals surface area contributed by atoms with Gasteiger partial charge in [-0.25, -0.2) is 4.79 Å².